The lowest BCUT2D eigenvalue weighted by Crippen LogP contribution is -2.34. The monoisotopic (exact) mass is 277 g/mol. The van der Waals surface area contributed by atoms with Gasteiger partial charge >= 0.3 is 12.1 Å². The maximum atomic E-state index is 11.3. The molecule has 0 aliphatic heterocycles. The third kappa shape index (κ3) is 6.34. The summed E-state index contributed by atoms with van der Waals surface area (Å²) in [5, 5.41) is 1.91. The molecule has 1 aromatic carbocycles. The van der Waals surface area contributed by atoms with Crippen molar-refractivity contribution in [3.05, 3.63) is 42.0 Å². The van der Waals surface area contributed by atoms with Gasteiger partial charge in [-0.3, -0.25) is 10.1 Å². The summed E-state index contributed by atoms with van der Waals surface area (Å²) in [5.41, 5.74) is 0.834. The predicted molar refractivity (Wildman–Crippen MR) is 71.6 cm³/mol. The molecule has 0 fully saturated rings. The first-order chi connectivity index (χ1) is 9.61. The summed E-state index contributed by atoms with van der Waals surface area (Å²) in [7, 11) is 0. The van der Waals surface area contributed by atoms with E-state index in [1.54, 1.807) is 13.0 Å². The van der Waals surface area contributed by atoms with Crippen molar-refractivity contribution in [2.45, 2.75) is 6.92 Å². The average molecular weight is 277 g/mol. The summed E-state index contributed by atoms with van der Waals surface area (Å²) in [6, 6.07) is 9.15. The molecule has 0 aliphatic rings. The summed E-state index contributed by atoms with van der Waals surface area (Å²) in [6.45, 7) is 1.22. The zero-order valence-electron chi connectivity index (χ0n) is 11.0. The zero-order chi connectivity index (χ0) is 14.8. The lowest BCUT2D eigenvalue weighted by Gasteiger charge is -2.03. The van der Waals surface area contributed by atoms with E-state index in [0.29, 0.717) is 0 Å². The second-order valence-electron chi connectivity index (χ2n) is 3.62. The maximum Gasteiger partial charge on any atom is 0.413 e. The fourth-order valence-electron chi connectivity index (χ4n) is 1.23. The van der Waals surface area contributed by atoms with Crippen molar-refractivity contribution in [3.8, 4) is 0 Å². The van der Waals surface area contributed by atoms with Gasteiger partial charge < -0.3 is 9.47 Å². The molecule has 20 heavy (non-hydrogen) atoms. The summed E-state index contributed by atoms with van der Waals surface area (Å²) < 4.78 is 9.16. The molecule has 6 nitrogen and oxygen atoms in total. The molecule has 0 spiro atoms. The van der Waals surface area contributed by atoms with Crippen LogP contribution >= 0.6 is 0 Å². The second-order valence-corrected chi connectivity index (χ2v) is 3.62. The molecule has 1 aromatic rings. The third-order valence-electron chi connectivity index (χ3n) is 2.07. The smallest absolute Gasteiger partial charge is 0.413 e. The van der Waals surface area contributed by atoms with Gasteiger partial charge in [-0.2, -0.15) is 0 Å². The fourth-order valence-corrected chi connectivity index (χ4v) is 1.23. The molecule has 2 amide bonds. The van der Waals surface area contributed by atoms with E-state index in [0.717, 1.165) is 5.56 Å². The van der Waals surface area contributed by atoms with Gasteiger partial charge in [0.25, 0.3) is 5.91 Å². The molecule has 6 heteroatoms. The summed E-state index contributed by atoms with van der Waals surface area (Å²) in [5.74, 6) is -1.42. The number of alkyl carbamates (subject to hydrolysis) is 1. The Kier molecular flexibility index (Phi) is 6.53. The van der Waals surface area contributed by atoms with Crippen molar-refractivity contribution in [2.24, 2.45) is 0 Å². The van der Waals surface area contributed by atoms with Crippen molar-refractivity contribution in [3.63, 3.8) is 0 Å². The van der Waals surface area contributed by atoms with E-state index in [1.165, 1.54) is 6.08 Å². The van der Waals surface area contributed by atoms with Gasteiger partial charge in [0.05, 0.1) is 6.61 Å². The van der Waals surface area contributed by atoms with Crippen LogP contribution in [0.2, 0.25) is 0 Å². The van der Waals surface area contributed by atoms with E-state index < -0.39 is 24.6 Å². The van der Waals surface area contributed by atoms with Crippen LogP contribution in [-0.4, -0.2) is 31.2 Å². The van der Waals surface area contributed by atoms with E-state index in [2.05, 4.69) is 9.47 Å². The Morgan fingerprint density at radius 1 is 1.15 bits per heavy atom. The van der Waals surface area contributed by atoms with Gasteiger partial charge in [0.15, 0.2) is 6.61 Å². The highest BCUT2D eigenvalue weighted by Gasteiger charge is 2.09. The molecule has 0 saturated carbocycles. The normalized spacial score (nSPS) is 10.1. The number of hydrogen-bond donors (Lipinski definition) is 1. The molecular formula is C14H15NO5. The Labute approximate surface area is 116 Å². The number of imide groups is 1. The summed E-state index contributed by atoms with van der Waals surface area (Å²) in [4.78, 5) is 33.4. The Balaban J connectivity index is 2.31. The Hall–Kier alpha value is -2.63. The fraction of sp³-hybridized carbons (Fsp3) is 0.214. The lowest BCUT2D eigenvalue weighted by atomic mass is 10.2. The standard InChI is InChI=1S/C14H15NO5/c1-2-19-14(18)15-12(16)10-20-13(17)9-8-11-6-4-3-5-7-11/h3-9H,2,10H2,1H3,(H,15,16,18)/b9-8+. The van der Waals surface area contributed by atoms with Crippen molar-refractivity contribution >= 4 is 24.0 Å². The van der Waals surface area contributed by atoms with Crippen LogP contribution in [-0.2, 0) is 19.1 Å². The van der Waals surface area contributed by atoms with Gasteiger partial charge in [0.2, 0.25) is 0 Å². The minimum absolute atomic E-state index is 0.152. The Morgan fingerprint density at radius 3 is 2.50 bits per heavy atom. The van der Waals surface area contributed by atoms with E-state index in [4.69, 9.17) is 0 Å². The van der Waals surface area contributed by atoms with E-state index in [-0.39, 0.29) is 6.61 Å². The van der Waals surface area contributed by atoms with Gasteiger partial charge in [-0.15, -0.1) is 0 Å². The molecular weight excluding hydrogens is 262 g/mol. The van der Waals surface area contributed by atoms with Crippen LogP contribution < -0.4 is 5.32 Å². The molecule has 0 radical (unpaired) electrons. The minimum atomic E-state index is -0.867. The van der Waals surface area contributed by atoms with Crippen LogP contribution in [0.5, 0.6) is 0 Å². The number of benzene rings is 1. The van der Waals surface area contributed by atoms with Crippen LogP contribution in [0, 0.1) is 0 Å². The van der Waals surface area contributed by atoms with E-state index in [9.17, 15) is 14.4 Å². The zero-order valence-corrected chi connectivity index (χ0v) is 11.0. The van der Waals surface area contributed by atoms with Gasteiger partial charge in [0.1, 0.15) is 0 Å². The van der Waals surface area contributed by atoms with Crippen molar-refractivity contribution in [1.29, 1.82) is 0 Å². The quantitative estimate of drug-likeness (QED) is 0.651. The molecule has 0 saturated heterocycles. The molecule has 1 N–H and O–H groups in total. The number of esters is 1. The molecule has 0 bridgehead atoms. The first kappa shape index (κ1) is 15.4. The van der Waals surface area contributed by atoms with E-state index in [1.807, 2.05) is 35.6 Å². The van der Waals surface area contributed by atoms with Gasteiger partial charge in [-0.05, 0) is 18.6 Å². The molecule has 0 heterocycles. The molecule has 0 aromatic heterocycles. The van der Waals surface area contributed by atoms with Gasteiger partial charge in [-0.25, -0.2) is 9.59 Å². The van der Waals surface area contributed by atoms with Crippen molar-refractivity contribution < 1.29 is 23.9 Å². The predicted octanol–water partition coefficient (Wildman–Crippen LogP) is 1.52. The molecule has 0 aliphatic carbocycles. The highest BCUT2D eigenvalue weighted by atomic mass is 16.6. The first-order valence-electron chi connectivity index (χ1n) is 5.98. The van der Waals surface area contributed by atoms with Crippen LogP contribution in [0.4, 0.5) is 4.79 Å². The number of ether oxygens (including phenoxy) is 2. The third-order valence-corrected chi connectivity index (χ3v) is 2.07. The highest BCUT2D eigenvalue weighted by molar-refractivity contribution is 5.94. The largest absolute Gasteiger partial charge is 0.452 e. The minimum Gasteiger partial charge on any atom is -0.452 e. The topological polar surface area (TPSA) is 81.7 Å². The summed E-state index contributed by atoms with van der Waals surface area (Å²) in [6.07, 6.45) is 1.90. The number of amides is 2. The summed E-state index contributed by atoms with van der Waals surface area (Å²) >= 11 is 0. The number of nitrogens with one attached hydrogen (secondary N) is 1. The Morgan fingerprint density at radius 2 is 1.85 bits per heavy atom. The SMILES string of the molecule is CCOC(=O)NC(=O)COC(=O)/C=C/c1ccccc1. The van der Waals surface area contributed by atoms with Crippen molar-refractivity contribution in [2.75, 3.05) is 13.2 Å². The maximum absolute atomic E-state index is 11.3. The van der Waals surface area contributed by atoms with E-state index >= 15 is 0 Å². The van der Waals surface area contributed by atoms with Crippen LogP contribution in [0.1, 0.15) is 12.5 Å². The van der Waals surface area contributed by atoms with Gasteiger partial charge in [-0.1, -0.05) is 30.3 Å². The van der Waals surface area contributed by atoms with Crippen LogP contribution in [0.3, 0.4) is 0 Å². The average Bonchev–Trinajstić information content (AvgIpc) is 2.44. The highest BCUT2D eigenvalue weighted by Crippen LogP contribution is 2.00. The number of rotatable bonds is 5. The molecule has 0 unspecified atom stereocenters. The molecule has 106 valence electrons. The number of carbonyl (C=O) groups excluding carboxylic acids is 3. The van der Waals surface area contributed by atoms with Crippen LogP contribution in [0.25, 0.3) is 6.08 Å². The molecule has 1 rings (SSSR count). The lowest BCUT2D eigenvalue weighted by molar-refractivity contribution is -0.143. The first-order valence-corrected chi connectivity index (χ1v) is 5.98. The van der Waals surface area contributed by atoms with Gasteiger partial charge in [0, 0.05) is 6.08 Å². The Bertz CT molecular complexity index is 496. The van der Waals surface area contributed by atoms with Crippen LogP contribution in [0.15, 0.2) is 36.4 Å². The molecule has 0 atom stereocenters. The van der Waals surface area contributed by atoms with Crippen molar-refractivity contribution in [1.82, 2.24) is 5.32 Å². The second kappa shape index (κ2) is 8.47. The number of carbonyl (C=O) groups is 3. The number of hydrogen-bond acceptors (Lipinski definition) is 5.